The van der Waals surface area contributed by atoms with E-state index in [0.717, 1.165) is 13.1 Å². The van der Waals surface area contributed by atoms with Crippen molar-refractivity contribution in [1.29, 1.82) is 0 Å². The van der Waals surface area contributed by atoms with Crippen LogP contribution in [0.1, 0.15) is 13.8 Å². The summed E-state index contributed by atoms with van der Waals surface area (Å²) in [5, 5.41) is 0. The monoisotopic (exact) mass is 171 g/mol. The molecule has 0 saturated heterocycles. The Morgan fingerprint density at radius 2 is 2.00 bits per heavy atom. The summed E-state index contributed by atoms with van der Waals surface area (Å²) < 4.78 is 2.36. The molecule has 1 atom stereocenters. The van der Waals surface area contributed by atoms with E-state index in [1.807, 2.05) is 0 Å². The molecule has 0 radical (unpaired) electrons. The second kappa shape index (κ2) is 3.90. The lowest BCUT2D eigenvalue weighted by atomic mass is 10.5. The van der Waals surface area contributed by atoms with E-state index in [9.17, 15) is 0 Å². The van der Waals surface area contributed by atoms with Crippen molar-refractivity contribution >= 4 is 5.96 Å². The third kappa shape index (κ3) is 1.61. The van der Waals surface area contributed by atoms with Crippen molar-refractivity contribution in [2.45, 2.75) is 13.8 Å². The van der Waals surface area contributed by atoms with E-state index in [0.29, 0.717) is 0 Å². The zero-order valence-corrected chi connectivity index (χ0v) is 8.72. The number of hydrogen-bond acceptors (Lipinski definition) is 1. The number of nitrogens with zero attached hydrogens (tertiary/aromatic N) is 2. The van der Waals surface area contributed by atoms with Gasteiger partial charge in [0.15, 0.2) is 0 Å². The molecule has 1 unspecified atom stereocenters. The molecule has 1 aliphatic heterocycles. The predicted molar refractivity (Wildman–Crippen MR) is 50.7 cm³/mol. The van der Waals surface area contributed by atoms with Gasteiger partial charge in [0.05, 0.1) is 27.2 Å². The van der Waals surface area contributed by atoms with Crippen LogP contribution < -0.4 is 4.90 Å². The lowest BCUT2D eigenvalue weighted by Gasteiger charge is -2.14. The fourth-order valence-electron chi connectivity index (χ4n) is 1.91. The smallest absolute Gasteiger partial charge is 0.230 e. The lowest BCUT2D eigenvalue weighted by Crippen LogP contribution is -3.12. The number of likely N-dealkylation sites (N-methyl/N-ethyl adjacent to an activating group) is 2. The van der Waals surface area contributed by atoms with Crippen LogP contribution in [0.25, 0.3) is 0 Å². The topological polar surface area (TPSA) is 10.7 Å². The van der Waals surface area contributed by atoms with Crippen LogP contribution in [-0.2, 0) is 0 Å². The molecule has 70 valence electrons. The highest BCUT2D eigenvalue weighted by Gasteiger charge is 2.33. The Morgan fingerprint density at radius 1 is 1.42 bits per heavy atom. The fraction of sp³-hybridized carbons (Fsp3) is 0.889. The summed E-state index contributed by atoms with van der Waals surface area (Å²) in [5.41, 5.74) is 0. The number of quaternary nitrogens is 1. The summed E-state index contributed by atoms with van der Waals surface area (Å²) in [6.45, 7) is 9.10. The molecule has 0 aromatic heterocycles. The molecule has 0 saturated carbocycles. The largest absolute Gasteiger partial charge is 0.444 e. The van der Waals surface area contributed by atoms with Gasteiger partial charge in [-0.05, 0) is 13.8 Å². The number of hydrogen-bond donors (Lipinski definition) is 1. The maximum atomic E-state index is 2.43. The zero-order valence-electron chi connectivity index (χ0n) is 8.72. The van der Waals surface area contributed by atoms with Crippen LogP contribution in [0.3, 0.4) is 0 Å². The molecule has 0 aromatic rings. The molecule has 0 amide bonds. The predicted octanol–water partition coefficient (Wildman–Crippen LogP) is -1.15. The summed E-state index contributed by atoms with van der Waals surface area (Å²) in [7, 11) is 4.43. The Balaban J connectivity index is 2.76. The van der Waals surface area contributed by atoms with Gasteiger partial charge in [0.1, 0.15) is 13.1 Å². The van der Waals surface area contributed by atoms with Gasteiger partial charge in [-0.3, -0.25) is 0 Å². The van der Waals surface area contributed by atoms with Crippen molar-refractivity contribution in [3.63, 3.8) is 0 Å². The molecule has 0 spiro atoms. The lowest BCUT2D eigenvalue weighted by molar-refractivity contribution is -0.784. The highest BCUT2D eigenvalue weighted by atomic mass is 15.4. The van der Waals surface area contributed by atoms with Crippen LogP contribution in [-0.4, -0.2) is 55.7 Å². The number of rotatable bonds is 2. The minimum Gasteiger partial charge on any atom is -0.230 e. The normalized spacial score (nSPS) is 23.5. The van der Waals surface area contributed by atoms with Gasteiger partial charge in [-0.25, -0.2) is 14.4 Å². The molecular weight excluding hydrogens is 150 g/mol. The molecule has 1 aliphatic rings. The molecule has 0 bridgehead atoms. The van der Waals surface area contributed by atoms with Crippen LogP contribution in [0.15, 0.2) is 0 Å². The molecule has 3 nitrogen and oxygen atoms in total. The summed E-state index contributed by atoms with van der Waals surface area (Å²) in [6.07, 6.45) is 0. The van der Waals surface area contributed by atoms with Gasteiger partial charge in [-0.1, -0.05) is 0 Å². The maximum absolute atomic E-state index is 2.43. The van der Waals surface area contributed by atoms with Crippen molar-refractivity contribution in [2.24, 2.45) is 0 Å². The first-order valence-corrected chi connectivity index (χ1v) is 4.86. The molecule has 0 aliphatic carbocycles. The van der Waals surface area contributed by atoms with Crippen LogP contribution in [0.5, 0.6) is 0 Å². The molecule has 1 heterocycles. The van der Waals surface area contributed by atoms with Crippen LogP contribution in [0, 0.1) is 0 Å². The average Bonchev–Trinajstić information content (AvgIpc) is 2.38. The summed E-state index contributed by atoms with van der Waals surface area (Å²) >= 11 is 0. The van der Waals surface area contributed by atoms with Gasteiger partial charge >= 0.3 is 5.96 Å². The van der Waals surface area contributed by atoms with Gasteiger partial charge in [0, 0.05) is 0 Å². The van der Waals surface area contributed by atoms with E-state index in [2.05, 4.69) is 37.4 Å². The minimum absolute atomic E-state index is 1.12. The maximum Gasteiger partial charge on any atom is 0.444 e. The molecule has 1 rings (SSSR count). The Labute approximate surface area is 75.3 Å². The van der Waals surface area contributed by atoms with E-state index in [1.165, 1.54) is 19.0 Å². The van der Waals surface area contributed by atoms with E-state index in [1.54, 1.807) is 4.90 Å². The Kier molecular flexibility index (Phi) is 3.09. The van der Waals surface area contributed by atoms with Crippen molar-refractivity contribution in [3.8, 4) is 0 Å². The first kappa shape index (κ1) is 9.52. The second-order valence-corrected chi connectivity index (χ2v) is 3.45. The van der Waals surface area contributed by atoms with Crippen LogP contribution in [0.4, 0.5) is 0 Å². The third-order valence-electron chi connectivity index (χ3n) is 2.63. The summed E-state index contributed by atoms with van der Waals surface area (Å²) in [6, 6.07) is 0. The highest BCUT2D eigenvalue weighted by Crippen LogP contribution is 1.88. The molecule has 1 N–H and O–H groups in total. The summed E-state index contributed by atoms with van der Waals surface area (Å²) in [5.74, 6) is 1.46. The second-order valence-electron chi connectivity index (χ2n) is 3.45. The average molecular weight is 171 g/mol. The third-order valence-corrected chi connectivity index (χ3v) is 2.63. The van der Waals surface area contributed by atoms with E-state index in [-0.39, 0.29) is 0 Å². The minimum atomic E-state index is 1.12. The molecular formula is C9H21N3+2. The van der Waals surface area contributed by atoms with Gasteiger partial charge in [-0.15, -0.1) is 0 Å². The Bertz CT molecular complexity index is 182. The fourth-order valence-corrected chi connectivity index (χ4v) is 1.91. The van der Waals surface area contributed by atoms with Crippen molar-refractivity contribution in [1.82, 2.24) is 4.90 Å². The Morgan fingerprint density at radius 3 is 2.33 bits per heavy atom. The van der Waals surface area contributed by atoms with Crippen molar-refractivity contribution in [2.75, 3.05) is 40.3 Å². The quantitative estimate of drug-likeness (QED) is 0.517. The standard InChI is InChI=1S/C9H20N3/c1-5-12(6-2)9-10(3)7-8-11(9)4/h5-8H2,1-4H3/q+1/p+1. The highest BCUT2D eigenvalue weighted by molar-refractivity contribution is 5.66. The van der Waals surface area contributed by atoms with Gasteiger partial charge in [-0.2, -0.15) is 0 Å². The van der Waals surface area contributed by atoms with E-state index in [4.69, 9.17) is 0 Å². The van der Waals surface area contributed by atoms with Crippen LogP contribution >= 0.6 is 0 Å². The SMILES string of the molecule is CCN(CC)C1=[N+](C)CC[NH+]1C. The number of guanidine groups is 1. The van der Waals surface area contributed by atoms with Crippen molar-refractivity contribution in [3.05, 3.63) is 0 Å². The van der Waals surface area contributed by atoms with Gasteiger partial charge < -0.3 is 0 Å². The molecule has 12 heavy (non-hydrogen) atoms. The first-order chi connectivity index (χ1) is 5.70. The van der Waals surface area contributed by atoms with E-state index >= 15 is 0 Å². The van der Waals surface area contributed by atoms with Gasteiger partial charge in [0.2, 0.25) is 0 Å². The Hall–Kier alpha value is -0.570. The van der Waals surface area contributed by atoms with Crippen LogP contribution in [0.2, 0.25) is 0 Å². The molecule has 0 fully saturated rings. The molecule has 0 aromatic carbocycles. The zero-order chi connectivity index (χ0) is 9.14. The first-order valence-electron chi connectivity index (χ1n) is 4.86. The summed E-state index contributed by atoms with van der Waals surface area (Å²) in [4.78, 5) is 3.98. The number of nitrogens with one attached hydrogen (secondary N) is 1. The van der Waals surface area contributed by atoms with Gasteiger partial charge in [0.25, 0.3) is 0 Å². The van der Waals surface area contributed by atoms with E-state index < -0.39 is 0 Å². The van der Waals surface area contributed by atoms with Crippen molar-refractivity contribution < 1.29 is 9.48 Å². The molecule has 3 heteroatoms.